The molecule has 1 fully saturated rings. The topological polar surface area (TPSA) is 33.3 Å². The van der Waals surface area contributed by atoms with Gasteiger partial charge in [-0.15, -0.1) is 0 Å². The molecule has 2 N–H and O–H groups in total. The van der Waals surface area contributed by atoms with Crippen LogP contribution in [0.4, 0.5) is 0 Å². The summed E-state index contributed by atoms with van der Waals surface area (Å²) in [7, 11) is 1.79. The first-order valence-electron chi connectivity index (χ1n) is 6.12. The lowest BCUT2D eigenvalue weighted by atomic mass is 10.0. The minimum Gasteiger partial charge on any atom is -0.385 e. The highest BCUT2D eigenvalue weighted by molar-refractivity contribution is 4.94. The smallest absolute Gasteiger partial charge is 0.0468 e. The molecule has 0 amide bonds. The van der Waals surface area contributed by atoms with Crippen LogP contribution in [0.5, 0.6) is 0 Å². The second kappa shape index (κ2) is 6.46. The molecule has 0 spiro atoms. The highest BCUT2D eigenvalue weighted by Gasteiger charge is 2.41. The Hall–Kier alpha value is -0.120. The Bertz CT molecular complexity index is 167. The van der Waals surface area contributed by atoms with Crippen LogP contribution in [0.15, 0.2) is 0 Å². The summed E-state index contributed by atoms with van der Waals surface area (Å²) >= 11 is 0. The van der Waals surface area contributed by atoms with Crippen LogP contribution in [0.2, 0.25) is 0 Å². The Morgan fingerprint density at radius 1 is 1.27 bits per heavy atom. The molecule has 0 atom stereocenters. The van der Waals surface area contributed by atoms with E-state index in [0.29, 0.717) is 11.5 Å². The van der Waals surface area contributed by atoms with Crippen LogP contribution in [0.3, 0.4) is 0 Å². The van der Waals surface area contributed by atoms with E-state index >= 15 is 0 Å². The number of ether oxygens (including phenoxy) is 1. The predicted molar refractivity (Wildman–Crippen MR) is 64.2 cm³/mol. The van der Waals surface area contributed by atoms with Crippen LogP contribution in [0.1, 0.15) is 33.1 Å². The molecule has 3 heteroatoms. The first-order valence-corrected chi connectivity index (χ1v) is 6.12. The van der Waals surface area contributed by atoms with Gasteiger partial charge >= 0.3 is 0 Å². The third kappa shape index (κ3) is 5.50. The molecule has 0 aromatic rings. The van der Waals surface area contributed by atoms with Crippen molar-refractivity contribution in [1.29, 1.82) is 0 Å². The normalized spacial score (nSPS) is 18.4. The van der Waals surface area contributed by atoms with Crippen LogP contribution in [0, 0.1) is 5.41 Å². The van der Waals surface area contributed by atoms with E-state index in [1.165, 1.54) is 19.3 Å². The number of rotatable bonds is 9. The van der Waals surface area contributed by atoms with E-state index in [-0.39, 0.29) is 0 Å². The van der Waals surface area contributed by atoms with Gasteiger partial charge in [0.05, 0.1) is 0 Å². The summed E-state index contributed by atoms with van der Waals surface area (Å²) in [5, 5.41) is 6.94. The second-order valence-electron chi connectivity index (χ2n) is 5.03. The number of methoxy groups -OCH3 is 1. The monoisotopic (exact) mass is 214 g/mol. The van der Waals surface area contributed by atoms with Gasteiger partial charge in [0.1, 0.15) is 0 Å². The van der Waals surface area contributed by atoms with E-state index in [1.54, 1.807) is 7.11 Å². The lowest BCUT2D eigenvalue weighted by Gasteiger charge is -2.16. The molecule has 0 radical (unpaired) electrons. The van der Waals surface area contributed by atoms with E-state index in [1.807, 2.05) is 0 Å². The van der Waals surface area contributed by atoms with Crippen LogP contribution in [-0.2, 0) is 4.74 Å². The molecule has 0 saturated heterocycles. The summed E-state index contributed by atoms with van der Waals surface area (Å²) < 4.78 is 5.14. The summed E-state index contributed by atoms with van der Waals surface area (Å²) in [6, 6.07) is 0.593. The van der Waals surface area contributed by atoms with Gasteiger partial charge in [-0.2, -0.15) is 0 Å². The highest BCUT2D eigenvalue weighted by Crippen LogP contribution is 2.48. The Labute approximate surface area is 94.0 Å². The van der Waals surface area contributed by atoms with Gasteiger partial charge in [-0.1, -0.05) is 13.8 Å². The molecule has 1 saturated carbocycles. The summed E-state index contributed by atoms with van der Waals surface area (Å²) in [4.78, 5) is 0. The SMILES string of the molecule is COCCC1(CNCCNC(C)C)CC1. The minimum absolute atomic E-state index is 0.577. The Kier molecular flexibility index (Phi) is 5.58. The predicted octanol–water partition coefficient (Wildman–Crippen LogP) is 1.39. The first kappa shape index (κ1) is 12.9. The Morgan fingerprint density at radius 3 is 2.53 bits per heavy atom. The van der Waals surface area contributed by atoms with Gasteiger partial charge in [0.2, 0.25) is 0 Å². The second-order valence-corrected chi connectivity index (χ2v) is 5.03. The van der Waals surface area contributed by atoms with Crippen molar-refractivity contribution >= 4 is 0 Å². The quantitative estimate of drug-likeness (QED) is 0.569. The van der Waals surface area contributed by atoms with Crippen LogP contribution in [-0.4, -0.2) is 39.4 Å². The molecule has 3 nitrogen and oxygen atoms in total. The van der Waals surface area contributed by atoms with Crippen molar-refractivity contribution in [3.05, 3.63) is 0 Å². The fourth-order valence-corrected chi connectivity index (χ4v) is 1.81. The van der Waals surface area contributed by atoms with Crippen molar-refractivity contribution in [1.82, 2.24) is 10.6 Å². The van der Waals surface area contributed by atoms with Gasteiger partial charge in [0.15, 0.2) is 0 Å². The maximum Gasteiger partial charge on any atom is 0.0468 e. The molecule has 1 aliphatic carbocycles. The van der Waals surface area contributed by atoms with Crippen molar-refractivity contribution < 1.29 is 4.74 Å². The molecule has 15 heavy (non-hydrogen) atoms. The molecule has 0 heterocycles. The first-order chi connectivity index (χ1) is 7.18. The third-order valence-corrected chi connectivity index (χ3v) is 3.15. The van der Waals surface area contributed by atoms with Crippen molar-refractivity contribution in [3.63, 3.8) is 0 Å². The standard InChI is InChI=1S/C12H26N2O/c1-11(2)14-8-7-13-10-12(4-5-12)6-9-15-3/h11,13-14H,4-10H2,1-3H3. The van der Waals surface area contributed by atoms with Gasteiger partial charge in [-0.05, 0) is 24.7 Å². The summed E-state index contributed by atoms with van der Waals surface area (Å²) in [5.74, 6) is 0. The Morgan fingerprint density at radius 2 is 2.00 bits per heavy atom. The molecule has 1 rings (SSSR count). The zero-order valence-electron chi connectivity index (χ0n) is 10.4. The van der Waals surface area contributed by atoms with Crippen LogP contribution in [0.25, 0.3) is 0 Å². The van der Waals surface area contributed by atoms with E-state index in [2.05, 4.69) is 24.5 Å². The zero-order chi connectivity index (χ0) is 11.1. The Balaban J connectivity index is 1.95. The van der Waals surface area contributed by atoms with E-state index in [9.17, 15) is 0 Å². The number of hydrogen-bond acceptors (Lipinski definition) is 3. The van der Waals surface area contributed by atoms with Crippen molar-refractivity contribution in [2.75, 3.05) is 33.4 Å². The van der Waals surface area contributed by atoms with Gasteiger partial charge < -0.3 is 15.4 Å². The molecule has 90 valence electrons. The van der Waals surface area contributed by atoms with Crippen molar-refractivity contribution in [2.24, 2.45) is 5.41 Å². The van der Waals surface area contributed by atoms with Crippen LogP contribution < -0.4 is 10.6 Å². The molecule has 0 aromatic heterocycles. The van der Waals surface area contributed by atoms with Crippen molar-refractivity contribution in [2.45, 2.75) is 39.2 Å². The summed E-state index contributed by atoms with van der Waals surface area (Å²) in [6.07, 6.45) is 3.97. The molecular weight excluding hydrogens is 188 g/mol. The third-order valence-electron chi connectivity index (χ3n) is 3.15. The minimum atomic E-state index is 0.577. The van der Waals surface area contributed by atoms with E-state index < -0.39 is 0 Å². The molecule has 0 aromatic carbocycles. The lowest BCUT2D eigenvalue weighted by molar-refractivity contribution is 0.171. The summed E-state index contributed by atoms with van der Waals surface area (Å²) in [6.45, 7) is 8.58. The molecule has 0 aliphatic heterocycles. The van der Waals surface area contributed by atoms with Gasteiger partial charge in [-0.3, -0.25) is 0 Å². The molecule has 0 unspecified atom stereocenters. The maximum absolute atomic E-state index is 5.14. The van der Waals surface area contributed by atoms with Gasteiger partial charge in [-0.25, -0.2) is 0 Å². The van der Waals surface area contributed by atoms with Crippen LogP contribution >= 0.6 is 0 Å². The van der Waals surface area contributed by atoms with Crippen molar-refractivity contribution in [3.8, 4) is 0 Å². The number of hydrogen-bond donors (Lipinski definition) is 2. The zero-order valence-corrected chi connectivity index (χ0v) is 10.4. The number of nitrogens with one attached hydrogen (secondary N) is 2. The van der Waals surface area contributed by atoms with E-state index in [4.69, 9.17) is 4.74 Å². The maximum atomic E-state index is 5.14. The highest BCUT2D eigenvalue weighted by atomic mass is 16.5. The molecule has 1 aliphatic rings. The lowest BCUT2D eigenvalue weighted by Crippen LogP contribution is -2.34. The fourth-order valence-electron chi connectivity index (χ4n) is 1.81. The fraction of sp³-hybridized carbons (Fsp3) is 1.00. The average molecular weight is 214 g/mol. The molecular formula is C12H26N2O. The summed E-state index contributed by atoms with van der Waals surface area (Å²) in [5.41, 5.74) is 0.577. The van der Waals surface area contributed by atoms with E-state index in [0.717, 1.165) is 26.2 Å². The largest absolute Gasteiger partial charge is 0.385 e. The average Bonchev–Trinajstić information content (AvgIpc) is 2.95. The van der Waals surface area contributed by atoms with Gasteiger partial charge in [0, 0.05) is 39.4 Å². The van der Waals surface area contributed by atoms with Gasteiger partial charge in [0.25, 0.3) is 0 Å². The molecule has 0 bridgehead atoms.